The summed E-state index contributed by atoms with van der Waals surface area (Å²) in [7, 11) is -11.3. The first-order valence-electron chi connectivity index (χ1n) is 10.4. The van der Waals surface area contributed by atoms with Crippen LogP contribution in [0.25, 0.3) is 11.2 Å². The van der Waals surface area contributed by atoms with Crippen LogP contribution in [0.15, 0.2) is 22.9 Å². The number of aromatic nitrogens is 4. The monoisotopic (exact) mass is 568 g/mol. The number of phosphoric ester groups is 2. The molecule has 0 aromatic carbocycles. The lowest BCUT2D eigenvalue weighted by atomic mass is 10.1. The van der Waals surface area contributed by atoms with Crippen LogP contribution in [0.2, 0.25) is 0 Å². The van der Waals surface area contributed by atoms with Crippen molar-refractivity contribution >= 4 is 32.8 Å². The summed E-state index contributed by atoms with van der Waals surface area (Å²) in [6, 6.07) is 0. The van der Waals surface area contributed by atoms with E-state index in [4.69, 9.17) is 20.9 Å². The molecule has 1 saturated heterocycles. The Kier molecular flexibility index (Phi) is 7.61. The number of anilines is 1. The molecule has 2 aromatic heterocycles. The molecule has 206 valence electrons. The second-order valence-corrected chi connectivity index (χ2v) is 10.9. The van der Waals surface area contributed by atoms with Gasteiger partial charge in [0.2, 0.25) is 5.95 Å². The SMILES string of the molecule is C[C@H]1O[C@H](OP(=O)([O-])OP(=O)([O-])OC[C@H]2O[C@@H](n3cnc4c(=O)[nH]c(N)nc43)[C@H](O)[C@@H]2O)[C@@H](O)C=C1N. The third-order valence-corrected chi connectivity index (χ3v) is 7.87. The van der Waals surface area contributed by atoms with E-state index in [1.807, 2.05) is 0 Å². The van der Waals surface area contributed by atoms with Gasteiger partial charge < -0.3 is 50.6 Å². The Morgan fingerprint density at radius 1 is 1.19 bits per heavy atom. The highest BCUT2D eigenvalue weighted by atomic mass is 31.3. The average Bonchev–Trinajstić information content (AvgIpc) is 3.31. The maximum Gasteiger partial charge on any atom is 0.280 e. The molecule has 0 radical (unpaired) electrons. The van der Waals surface area contributed by atoms with Crippen molar-refractivity contribution < 1.29 is 57.1 Å². The zero-order valence-corrected chi connectivity index (χ0v) is 20.5. The summed E-state index contributed by atoms with van der Waals surface area (Å²) in [5.74, 6) is -0.263. The molecule has 4 heterocycles. The van der Waals surface area contributed by atoms with Gasteiger partial charge in [-0.1, -0.05) is 0 Å². The molecule has 0 amide bonds. The van der Waals surface area contributed by atoms with Crippen LogP contribution in [0, 0.1) is 0 Å². The lowest BCUT2D eigenvalue weighted by Crippen LogP contribution is -2.40. The van der Waals surface area contributed by atoms with Crippen LogP contribution >= 0.6 is 15.6 Å². The molecular formula is C16H22N6O13P2-2. The molecule has 21 heteroatoms. The highest BCUT2D eigenvalue weighted by Crippen LogP contribution is 2.56. The van der Waals surface area contributed by atoms with Crippen LogP contribution in [0.4, 0.5) is 5.95 Å². The fourth-order valence-electron chi connectivity index (χ4n) is 3.54. The Morgan fingerprint density at radius 2 is 1.89 bits per heavy atom. The molecule has 2 aromatic rings. The van der Waals surface area contributed by atoms with Crippen molar-refractivity contribution in [2.45, 2.75) is 50.0 Å². The van der Waals surface area contributed by atoms with E-state index in [9.17, 15) is 39.0 Å². The number of nitrogens with one attached hydrogen (secondary N) is 1. The summed E-state index contributed by atoms with van der Waals surface area (Å²) in [6.07, 6.45) is -8.55. The fourth-order valence-corrected chi connectivity index (χ4v) is 5.62. The fraction of sp³-hybridized carbons (Fsp3) is 0.562. The number of nitrogens with zero attached hydrogens (tertiary/aromatic N) is 3. The van der Waals surface area contributed by atoms with E-state index in [0.717, 1.165) is 17.0 Å². The number of hydrogen-bond acceptors (Lipinski definition) is 17. The van der Waals surface area contributed by atoms with Crippen molar-refractivity contribution in [3.05, 3.63) is 28.5 Å². The van der Waals surface area contributed by atoms with Gasteiger partial charge in [0.25, 0.3) is 21.2 Å². The van der Waals surface area contributed by atoms with Gasteiger partial charge in [0, 0.05) is 5.70 Å². The number of nitrogen functional groups attached to an aromatic ring is 1. The number of H-pyrrole nitrogens is 1. The van der Waals surface area contributed by atoms with E-state index in [1.54, 1.807) is 0 Å². The summed E-state index contributed by atoms with van der Waals surface area (Å²) in [4.78, 5) is 46.1. The van der Waals surface area contributed by atoms with E-state index in [0.29, 0.717) is 0 Å². The Labute approximate surface area is 206 Å². The van der Waals surface area contributed by atoms with Crippen LogP contribution in [0.3, 0.4) is 0 Å². The summed E-state index contributed by atoms with van der Waals surface area (Å²) >= 11 is 0. The molecule has 1 fully saturated rings. The van der Waals surface area contributed by atoms with E-state index in [2.05, 4.69) is 28.3 Å². The number of rotatable bonds is 8. The molecule has 4 rings (SSSR count). The first kappa shape index (κ1) is 27.8. The highest BCUT2D eigenvalue weighted by molar-refractivity contribution is 7.59. The molecule has 0 spiro atoms. The first-order chi connectivity index (χ1) is 17.2. The Balaban J connectivity index is 1.40. The van der Waals surface area contributed by atoms with Gasteiger partial charge in [-0.3, -0.25) is 28.0 Å². The van der Waals surface area contributed by atoms with Crippen molar-refractivity contribution in [1.82, 2.24) is 19.5 Å². The smallest absolute Gasteiger partial charge is 0.280 e. The van der Waals surface area contributed by atoms with Crippen LogP contribution < -0.4 is 26.8 Å². The summed E-state index contributed by atoms with van der Waals surface area (Å²) in [5, 5.41) is 30.5. The van der Waals surface area contributed by atoms with Crippen molar-refractivity contribution in [2.24, 2.45) is 5.73 Å². The van der Waals surface area contributed by atoms with E-state index in [-0.39, 0.29) is 22.8 Å². The zero-order chi connectivity index (χ0) is 27.3. The first-order valence-corrected chi connectivity index (χ1v) is 13.3. The second kappa shape index (κ2) is 10.1. The van der Waals surface area contributed by atoms with E-state index >= 15 is 0 Å². The number of aliphatic hydroxyl groups is 3. The van der Waals surface area contributed by atoms with Gasteiger partial charge >= 0.3 is 0 Å². The molecule has 0 saturated carbocycles. The minimum atomic E-state index is -5.67. The Bertz CT molecular complexity index is 1350. The quantitative estimate of drug-likeness (QED) is 0.167. The van der Waals surface area contributed by atoms with Crippen molar-refractivity contribution in [2.75, 3.05) is 12.3 Å². The molecule has 0 aliphatic carbocycles. The lowest BCUT2D eigenvalue weighted by Gasteiger charge is -2.36. The average molecular weight is 568 g/mol. The third kappa shape index (κ3) is 5.93. The number of fused-ring (bicyclic) bond motifs is 1. The molecule has 2 unspecified atom stereocenters. The zero-order valence-electron chi connectivity index (χ0n) is 18.7. The summed E-state index contributed by atoms with van der Waals surface area (Å²) in [6.45, 7) is 0.424. The second-order valence-electron chi connectivity index (χ2n) is 8.00. The molecular weight excluding hydrogens is 546 g/mol. The minimum Gasteiger partial charge on any atom is -0.756 e. The van der Waals surface area contributed by atoms with Crippen molar-refractivity contribution in [3.8, 4) is 0 Å². The molecule has 2 aliphatic heterocycles. The van der Waals surface area contributed by atoms with Crippen LogP contribution in [-0.4, -0.2) is 78.3 Å². The number of ether oxygens (including phenoxy) is 2. The molecule has 8 N–H and O–H groups in total. The number of hydrogen-bond donors (Lipinski definition) is 6. The Morgan fingerprint density at radius 3 is 2.59 bits per heavy atom. The van der Waals surface area contributed by atoms with Gasteiger partial charge in [-0.25, -0.2) is 9.29 Å². The molecule has 2 aliphatic rings. The van der Waals surface area contributed by atoms with Gasteiger partial charge in [-0.2, -0.15) is 4.98 Å². The van der Waals surface area contributed by atoms with Gasteiger partial charge in [0.1, 0.15) is 24.4 Å². The third-order valence-electron chi connectivity index (χ3n) is 5.34. The maximum atomic E-state index is 12.1. The van der Waals surface area contributed by atoms with Gasteiger partial charge in [0.15, 0.2) is 23.7 Å². The molecule has 37 heavy (non-hydrogen) atoms. The van der Waals surface area contributed by atoms with Gasteiger partial charge in [-0.15, -0.1) is 0 Å². The van der Waals surface area contributed by atoms with Gasteiger partial charge in [-0.05, 0) is 13.0 Å². The predicted molar refractivity (Wildman–Crippen MR) is 114 cm³/mol. The summed E-state index contributed by atoms with van der Waals surface area (Å²) in [5.41, 5.74) is 10.2. The highest BCUT2D eigenvalue weighted by Gasteiger charge is 2.45. The van der Waals surface area contributed by atoms with Crippen LogP contribution in [0.1, 0.15) is 13.2 Å². The minimum absolute atomic E-state index is 0.0946. The number of nitrogens with two attached hydrogens (primary N) is 2. The van der Waals surface area contributed by atoms with Crippen LogP contribution in [0.5, 0.6) is 0 Å². The van der Waals surface area contributed by atoms with Crippen molar-refractivity contribution in [3.63, 3.8) is 0 Å². The van der Waals surface area contributed by atoms with Crippen molar-refractivity contribution in [1.29, 1.82) is 0 Å². The summed E-state index contributed by atoms with van der Waals surface area (Å²) < 4.78 is 48.7. The van der Waals surface area contributed by atoms with Crippen LogP contribution in [-0.2, 0) is 32.0 Å². The number of aliphatic hydroxyl groups excluding tert-OH is 3. The lowest BCUT2D eigenvalue weighted by molar-refractivity contribution is -0.264. The molecule has 19 nitrogen and oxygen atoms in total. The maximum absolute atomic E-state index is 12.1. The molecule has 9 atom stereocenters. The van der Waals surface area contributed by atoms with E-state index < -0.39 is 70.8 Å². The normalized spacial score (nSPS) is 33.7. The van der Waals surface area contributed by atoms with Gasteiger partial charge in [0.05, 0.1) is 19.0 Å². The predicted octanol–water partition coefficient (Wildman–Crippen LogP) is -3.74. The number of aromatic amines is 1. The van der Waals surface area contributed by atoms with E-state index in [1.165, 1.54) is 6.92 Å². The molecule has 0 bridgehead atoms. The topological polar surface area (TPSA) is 303 Å². The number of phosphoric acid groups is 2. The number of imidazole rings is 1. The standard InChI is InChI=1S/C16H24N6O13P2/c1-5-6(17)2-7(23)15(32-5)34-37(29,30)35-36(27,28)31-3-8-10(24)11(25)14(33-8)22-4-19-9-12(22)20-16(18)21-13(9)26/h2,4-5,7-8,10-11,14-15,23-25H,3,17H2,1H3,(H,27,28)(H,29,30)(H3,18,20,21,26)/p-2/t5-,7+,8-,10-,11-,14-,15-/m1/s1. The largest absolute Gasteiger partial charge is 0.756 e. The Hall–Kier alpha value is -2.25.